The number of ether oxygens (including phenoxy) is 1. The minimum atomic E-state index is -0.796. The molecule has 1 saturated carbocycles. The maximum atomic E-state index is 14.1. The Hall–Kier alpha value is -2.96. The van der Waals surface area contributed by atoms with Gasteiger partial charge in [0.25, 0.3) is 5.91 Å². The van der Waals surface area contributed by atoms with Crippen molar-refractivity contribution in [2.24, 2.45) is 5.92 Å². The number of amides is 1. The van der Waals surface area contributed by atoms with E-state index >= 15 is 0 Å². The fraction of sp³-hybridized carbons (Fsp3) is 0.417. The number of aromatic amines is 1. The number of carbonyl (C=O) groups excluding carboxylic acids is 1. The van der Waals surface area contributed by atoms with Gasteiger partial charge in [0.15, 0.2) is 11.6 Å². The molecule has 1 atom stereocenters. The van der Waals surface area contributed by atoms with Crippen molar-refractivity contribution < 1.29 is 18.3 Å². The average molecular weight is 427 g/mol. The van der Waals surface area contributed by atoms with E-state index < -0.39 is 11.6 Å². The van der Waals surface area contributed by atoms with Crippen molar-refractivity contribution in [2.45, 2.75) is 58.4 Å². The molecule has 2 aromatic heterocycles. The molecule has 1 aliphatic rings. The first-order chi connectivity index (χ1) is 15.0. The molecular weight excluding hydrogens is 400 g/mol. The summed E-state index contributed by atoms with van der Waals surface area (Å²) in [4.78, 5) is 20.5. The first-order valence-corrected chi connectivity index (χ1v) is 10.9. The summed E-state index contributed by atoms with van der Waals surface area (Å²) in [5.74, 6) is -0.890. The van der Waals surface area contributed by atoms with Crippen LogP contribution in [-0.2, 0) is 6.42 Å². The van der Waals surface area contributed by atoms with Crippen LogP contribution >= 0.6 is 0 Å². The number of hydrogen-bond acceptors (Lipinski definition) is 3. The molecular formula is C24H27F2N3O2. The predicted octanol–water partition coefficient (Wildman–Crippen LogP) is 5.89. The molecule has 0 bridgehead atoms. The van der Waals surface area contributed by atoms with Crippen LogP contribution in [0.25, 0.3) is 11.0 Å². The Bertz CT molecular complexity index is 1090. The topological polar surface area (TPSA) is 67.0 Å². The Labute approximate surface area is 180 Å². The normalized spacial score (nSPS) is 15.7. The molecule has 0 spiro atoms. The summed E-state index contributed by atoms with van der Waals surface area (Å²) < 4.78 is 33.0. The third kappa shape index (κ3) is 4.40. The van der Waals surface area contributed by atoms with E-state index in [0.29, 0.717) is 34.7 Å². The van der Waals surface area contributed by atoms with Crippen LogP contribution in [-0.4, -0.2) is 21.9 Å². The molecule has 1 fully saturated rings. The van der Waals surface area contributed by atoms with E-state index in [0.717, 1.165) is 30.5 Å². The quantitative estimate of drug-likeness (QED) is 0.515. The summed E-state index contributed by atoms with van der Waals surface area (Å²) in [6.07, 6.45) is 9.66. The third-order valence-electron chi connectivity index (χ3n) is 6.20. The van der Waals surface area contributed by atoms with Crippen LogP contribution in [0.5, 0.6) is 11.5 Å². The molecule has 1 amide bonds. The summed E-state index contributed by atoms with van der Waals surface area (Å²) in [5, 5.41) is 3.81. The van der Waals surface area contributed by atoms with E-state index in [1.165, 1.54) is 31.5 Å². The lowest BCUT2D eigenvalue weighted by Gasteiger charge is -2.28. The maximum Gasteiger partial charge on any atom is 0.253 e. The second-order valence-corrected chi connectivity index (χ2v) is 8.22. The molecule has 2 N–H and O–H groups in total. The van der Waals surface area contributed by atoms with Crippen molar-refractivity contribution in [3.8, 4) is 11.5 Å². The monoisotopic (exact) mass is 427 g/mol. The van der Waals surface area contributed by atoms with Crippen LogP contribution in [0.3, 0.4) is 0 Å². The number of rotatable bonds is 6. The number of hydrogen-bond donors (Lipinski definition) is 2. The van der Waals surface area contributed by atoms with Crippen molar-refractivity contribution in [3.63, 3.8) is 0 Å². The molecule has 0 saturated heterocycles. The lowest BCUT2D eigenvalue weighted by Crippen LogP contribution is -2.38. The van der Waals surface area contributed by atoms with E-state index in [-0.39, 0.29) is 17.7 Å². The highest BCUT2D eigenvalue weighted by molar-refractivity contribution is 6.07. The van der Waals surface area contributed by atoms with Crippen molar-refractivity contribution >= 4 is 16.9 Å². The summed E-state index contributed by atoms with van der Waals surface area (Å²) in [5.41, 5.74) is 1.80. The number of aromatic nitrogens is 2. The van der Waals surface area contributed by atoms with Crippen LogP contribution in [0.2, 0.25) is 0 Å². The van der Waals surface area contributed by atoms with E-state index in [9.17, 15) is 13.6 Å². The lowest BCUT2D eigenvalue weighted by molar-refractivity contribution is 0.0921. The second kappa shape index (κ2) is 9.04. The van der Waals surface area contributed by atoms with E-state index in [2.05, 4.69) is 22.2 Å². The molecule has 3 aromatic rings. The molecule has 7 heteroatoms. The number of halogens is 2. The smallest absolute Gasteiger partial charge is 0.253 e. The molecule has 5 nitrogen and oxygen atoms in total. The number of pyridine rings is 1. The number of nitrogens with zero attached hydrogens (tertiary/aromatic N) is 1. The van der Waals surface area contributed by atoms with Gasteiger partial charge in [0.2, 0.25) is 0 Å². The van der Waals surface area contributed by atoms with Gasteiger partial charge in [0.05, 0.1) is 11.8 Å². The number of nitrogens with one attached hydrogen (secondary N) is 2. The molecule has 31 heavy (non-hydrogen) atoms. The highest BCUT2D eigenvalue weighted by Crippen LogP contribution is 2.34. The van der Waals surface area contributed by atoms with Gasteiger partial charge in [-0.05, 0) is 44.2 Å². The highest BCUT2D eigenvalue weighted by Gasteiger charge is 2.24. The molecule has 164 valence electrons. The minimum Gasteiger partial charge on any atom is -0.452 e. The summed E-state index contributed by atoms with van der Waals surface area (Å²) >= 11 is 0. The molecule has 1 aliphatic carbocycles. The zero-order chi connectivity index (χ0) is 22.0. The minimum absolute atomic E-state index is 0.0866. The number of carbonyl (C=O) groups is 1. The Kier molecular flexibility index (Phi) is 6.20. The van der Waals surface area contributed by atoms with Gasteiger partial charge in [-0.25, -0.2) is 13.8 Å². The molecule has 2 heterocycles. The Balaban J connectivity index is 1.64. The Morgan fingerprint density at radius 1 is 1.26 bits per heavy atom. The zero-order valence-electron chi connectivity index (χ0n) is 17.8. The fourth-order valence-corrected chi connectivity index (χ4v) is 4.48. The van der Waals surface area contributed by atoms with Crippen LogP contribution in [0, 0.1) is 17.6 Å². The Morgan fingerprint density at radius 2 is 2.03 bits per heavy atom. The van der Waals surface area contributed by atoms with E-state index in [1.807, 2.05) is 6.92 Å². The van der Waals surface area contributed by atoms with Gasteiger partial charge in [-0.2, -0.15) is 0 Å². The van der Waals surface area contributed by atoms with Gasteiger partial charge < -0.3 is 15.0 Å². The number of aryl methyl sites for hydroxylation is 1. The van der Waals surface area contributed by atoms with Crippen molar-refractivity contribution in [1.82, 2.24) is 15.3 Å². The van der Waals surface area contributed by atoms with Crippen molar-refractivity contribution in [2.75, 3.05) is 0 Å². The summed E-state index contributed by atoms with van der Waals surface area (Å²) in [7, 11) is 0. The van der Waals surface area contributed by atoms with Crippen LogP contribution in [0.4, 0.5) is 8.78 Å². The fourth-order valence-electron chi connectivity index (χ4n) is 4.48. The van der Waals surface area contributed by atoms with E-state index in [1.54, 1.807) is 6.20 Å². The van der Waals surface area contributed by atoms with Crippen LogP contribution in [0.1, 0.15) is 61.9 Å². The first kappa shape index (κ1) is 21.3. The van der Waals surface area contributed by atoms with Gasteiger partial charge in [0.1, 0.15) is 17.2 Å². The number of benzene rings is 1. The Morgan fingerprint density at radius 3 is 2.74 bits per heavy atom. The predicted molar refractivity (Wildman–Crippen MR) is 115 cm³/mol. The first-order valence-electron chi connectivity index (χ1n) is 10.9. The van der Waals surface area contributed by atoms with Gasteiger partial charge >= 0.3 is 0 Å². The van der Waals surface area contributed by atoms with Gasteiger partial charge in [-0.3, -0.25) is 4.79 Å². The molecule has 0 radical (unpaired) electrons. The summed E-state index contributed by atoms with van der Waals surface area (Å²) in [6, 6.07) is 3.24. The summed E-state index contributed by atoms with van der Waals surface area (Å²) in [6.45, 7) is 4.00. The SMILES string of the molecule is CCc1c(Oc2ccc(F)cc2F)cnc2[nH]cc(C(=O)NC(C)C3CCCCC3)c12. The van der Waals surface area contributed by atoms with Gasteiger partial charge in [-0.15, -0.1) is 0 Å². The zero-order valence-corrected chi connectivity index (χ0v) is 17.8. The van der Waals surface area contributed by atoms with E-state index in [4.69, 9.17) is 4.74 Å². The van der Waals surface area contributed by atoms with Crippen molar-refractivity contribution in [3.05, 3.63) is 53.4 Å². The standard InChI is InChI=1S/C24H27F2N3O2/c1-3-17-21(31-20-10-9-16(25)11-19(20)26)13-28-23-22(17)18(12-27-23)24(30)29-14(2)15-7-5-4-6-8-15/h9-15H,3-8H2,1-2H3,(H,27,28)(H,29,30). The molecule has 1 aromatic carbocycles. The van der Waals surface area contributed by atoms with Crippen molar-refractivity contribution in [1.29, 1.82) is 0 Å². The number of fused-ring (bicyclic) bond motifs is 1. The van der Waals surface area contributed by atoms with Crippen LogP contribution in [0.15, 0.2) is 30.6 Å². The van der Waals surface area contributed by atoms with Crippen LogP contribution < -0.4 is 10.1 Å². The molecule has 1 unspecified atom stereocenters. The molecule has 4 rings (SSSR count). The largest absolute Gasteiger partial charge is 0.452 e. The van der Waals surface area contributed by atoms with Gasteiger partial charge in [-0.1, -0.05) is 26.2 Å². The highest BCUT2D eigenvalue weighted by atomic mass is 19.1. The maximum absolute atomic E-state index is 14.1. The lowest BCUT2D eigenvalue weighted by atomic mass is 9.84. The average Bonchev–Trinajstić information content (AvgIpc) is 3.20. The number of H-pyrrole nitrogens is 1. The third-order valence-corrected chi connectivity index (χ3v) is 6.20. The molecule has 0 aliphatic heterocycles. The second-order valence-electron chi connectivity index (χ2n) is 8.22. The van der Waals surface area contributed by atoms with Gasteiger partial charge in [0, 0.05) is 29.3 Å².